The molecule has 0 aliphatic carbocycles. The van der Waals surface area contributed by atoms with Gasteiger partial charge in [0.05, 0.1) is 0 Å². The zero-order valence-corrected chi connectivity index (χ0v) is 13.6. The van der Waals surface area contributed by atoms with E-state index in [-0.39, 0.29) is 5.82 Å². The quantitative estimate of drug-likeness (QED) is 0.631. The molecule has 0 fully saturated rings. The summed E-state index contributed by atoms with van der Waals surface area (Å²) in [6.45, 7) is 2.69. The van der Waals surface area contributed by atoms with Gasteiger partial charge < -0.3 is 15.6 Å². The van der Waals surface area contributed by atoms with Gasteiger partial charge in [0, 0.05) is 28.8 Å². The van der Waals surface area contributed by atoms with Gasteiger partial charge in [-0.25, -0.2) is 4.39 Å². The average molecular weight is 327 g/mol. The third-order valence-corrected chi connectivity index (χ3v) is 4.02. The first kappa shape index (κ1) is 15.5. The van der Waals surface area contributed by atoms with Crippen LogP contribution in [0.2, 0.25) is 0 Å². The molecule has 3 nitrogen and oxygen atoms in total. The summed E-state index contributed by atoms with van der Waals surface area (Å²) in [5.74, 6) is -0.216. The van der Waals surface area contributed by atoms with Crippen LogP contribution >= 0.6 is 12.2 Å². The number of aromatic amines is 1. The summed E-state index contributed by atoms with van der Waals surface area (Å²) in [5.41, 5.74) is 4.10. The molecule has 0 aliphatic rings. The first-order valence-electron chi connectivity index (χ1n) is 7.50. The van der Waals surface area contributed by atoms with Gasteiger partial charge in [0.2, 0.25) is 0 Å². The summed E-state index contributed by atoms with van der Waals surface area (Å²) in [5, 5.41) is 7.84. The Labute approximate surface area is 139 Å². The summed E-state index contributed by atoms with van der Waals surface area (Å²) < 4.78 is 13.5. The Bertz CT molecular complexity index is 827. The van der Waals surface area contributed by atoms with Crippen LogP contribution in [0.3, 0.4) is 0 Å². The number of halogens is 1. The van der Waals surface area contributed by atoms with Crippen LogP contribution < -0.4 is 10.6 Å². The van der Waals surface area contributed by atoms with E-state index in [1.54, 1.807) is 12.1 Å². The predicted octanol–water partition coefficient (Wildman–Crippen LogP) is 4.14. The normalized spacial score (nSPS) is 10.7. The molecule has 1 aromatic heterocycles. The molecular weight excluding hydrogens is 309 g/mol. The maximum Gasteiger partial charge on any atom is 0.170 e. The van der Waals surface area contributed by atoms with E-state index in [0.717, 1.165) is 34.3 Å². The number of aromatic nitrogens is 1. The molecule has 3 rings (SSSR count). The first-order chi connectivity index (χ1) is 11.1. The number of hydrogen-bond donors (Lipinski definition) is 3. The van der Waals surface area contributed by atoms with Crippen LogP contribution in [0.15, 0.2) is 48.5 Å². The molecule has 0 spiro atoms. The molecule has 3 N–H and O–H groups in total. The number of nitrogens with one attached hydrogen (secondary N) is 3. The molecule has 3 aromatic rings. The summed E-state index contributed by atoms with van der Waals surface area (Å²) in [6.07, 6.45) is 0.770. The molecule has 5 heteroatoms. The lowest BCUT2D eigenvalue weighted by Gasteiger charge is -2.10. The van der Waals surface area contributed by atoms with Gasteiger partial charge in [-0.15, -0.1) is 0 Å². The van der Waals surface area contributed by atoms with Crippen molar-refractivity contribution in [1.82, 2.24) is 10.3 Å². The lowest BCUT2D eigenvalue weighted by molar-refractivity contribution is 0.629. The maximum atomic E-state index is 13.5. The molecule has 23 heavy (non-hydrogen) atoms. The zero-order chi connectivity index (χ0) is 16.2. The van der Waals surface area contributed by atoms with Gasteiger partial charge in [0.1, 0.15) is 5.82 Å². The van der Waals surface area contributed by atoms with E-state index in [0.29, 0.717) is 11.7 Å². The SMILES string of the molecule is Cc1[nH]c2ccc(F)cc2c1CCNC(=S)Nc1ccccc1. The number of fused-ring (bicyclic) bond motifs is 1. The van der Waals surface area contributed by atoms with Gasteiger partial charge in [0.25, 0.3) is 0 Å². The number of anilines is 1. The van der Waals surface area contributed by atoms with Gasteiger partial charge in [-0.05, 0) is 61.5 Å². The monoisotopic (exact) mass is 327 g/mol. The van der Waals surface area contributed by atoms with Crippen LogP contribution in [0.4, 0.5) is 10.1 Å². The smallest absolute Gasteiger partial charge is 0.170 e. The minimum Gasteiger partial charge on any atom is -0.362 e. The van der Waals surface area contributed by atoms with Gasteiger partial charge in [-0.1, -0.05) is 18.2 Å². The molecule has 0 atom stereocenters. The molecule has 2 aromatic carbocycles. The summed E-state index contributed by atoms with van der Waals surface area (Å²) in [6, 6.07) is 14.6. The highest BCUT2D eigenvalue weighted by Gasteiger charge is 2.09. The van der Waals surface area contributed by atoms with Crippen LogP contribution in [0.5, 0.6) is 0 Å². The molecule has 0 radical (unpaired) electrons. The second kappa shape index (κ2) is 6.79. The molecule has 0 aliphatic heterocycles. The summed E-state index contributed by atoms with van der Waals surface area (Å²) >= 11 is 5.29. The van der Waals surface area contributed by atoms with E-state index >= 15 is 0 Å². The van der Waals surface area contributed by atoms with Crippen molar-refractivity contribution in [3.05, 3.63) is 65.6 Å². The van der Waals surface area contributed by atoms with Crippen molar-refractivity contribution in [2.45, 2.75) is 13.3 Å². The number of benzene rings is 2. The molecule has 0 bridgehead atoms. The van der Waals surface area contributed by atoms with Gasteiger partial charge >= 0.3 is 0 Å². The molecule has 1 heterocycles. The van der Waals surface area contributed by atoms with Gasteiger partial charge in [0.15, 0.2) is 5.11 Å². The fraction of sp³-hybridized carbons (Fsp3) is 0.167. The number of thiocarbonyl (C=S) groups is 1. The van der Waals surface area contributed by atoms with Crippen LogP contribution in [0, 0.1) is 12.7 Å². The molecule has 118 valence electrons. The minimum absolute atomic E-state index is 0.216. The van der Waals surface area contributed by atoms with E-state index in [9.17, 15) is 4.39 Å². The Kier molecular flexibility index (Phi) is 4.57. The highest BCUT2D eigenvalue weighted by atomic mass is 32.1. The number of rotatable bonds is 4. The standard InChI is InChI=1S/C18H18FN3S/c1-12-15(16-11-13(19)7-8-17(16)21-12)9-10-20-18(23)22-14-5-3-2-4-6-14/h2-8,11,21H,9-10H2,1H3,(H2,20,22,23). The van der Waals surface area contributed by atoms with Crippen LogP contribution in [-0.4, -0.2) is 16.6 Å². The third kappa shape index (κ3) is 3.68. The number of para-hydroxylation sites is 1. The van der Waals surface area contributed by atoms with Crippen molar-refractivity contribution in [3.63, 3.8) is 0 Å². The van der Waals surface area contributed by atoms with Gasteiger partial charge in [-0.3, -0.25) is 0 Å². The van der Waals surface area contributed by atoms with Crippen molar-refractivity contribution in [1.29, 1.82) is 0 Å². The van der Waals surface area contributed by atoms with Crippen LogP contribution in [0.1, 0.15) is 11.3 Å². The summed E-state index contributed by atoms with van der Waals surface area (Å²) in [7, 11) is 0. The fourth-order valence-corrected chi connectivity index (χ4v) is 2.89. The largest absolute Gasteiger partial charge is 0.362 e. The lowest BCUT2D eigenvalue weighted by atomic mass is 10.1. The fourth-order valence-electron chi connectivity index (χ4n) is 2.67. The molecule has 0 amide bonds. The summed E-state index contributed by atoms with van der Waals surface area (Å²) in [4.78, 5) is 3.29. The molecule has 0 saturated heterocycles. The Morgan fingerprint density at radius 3 is 2.74 bits per heavy atom. The topological polar surface area (TPSA) is 39.9 Å². The highest BCUT2D eigenvalue weighted by molar-refractivity contribution is 7.80. The van der Waals surface area contributed by atoms with Crippen molar-refractivity contribution in [2.24, 2.45) is 0 Å². The molecule has 0 unspecified atom stereocenters. The Morgan fingerprint density at radius 1 is 1.17 bits per heavy atom. The zero-order valence-electron chi connectivity index (χ0n) is 12.8. The van der Waals surface area contributed by atoms with Crippen molar-refractivity contribution < 1.29 is 4.39 Å². The van der Waals surface area contributed by atoms with Gasteiger partial charge in [-0.2, -0.15) is 0 Å². The second-order valence-corrected chi connectivity index (χ2v) is 5.82. The van der Waals surface area contributed by atoms with Crippen LogP contribution in [-0.2, 0) is 6.42 Å². The predicted molar refractivity (Wildman–Crippen MR) is 97.4 cm³/mol. The minimum atomic E-state index is -0.216. The molecular formula is C18H18FN3S. The van der Waals surface area contributed by atoms with E-state index in [2.05, 4.69) is 15.6 Å². The second-order valence-electron chi connectivity index (χ2n) is 5.42. The van der Waals surface area contributed by atoms with E-state index in [1.807, 2.05) is 37.3 Å². The van der Waals surface area contributed by atoms with E-state index in [1.165, 1.54) is 6.07 Å². The molecule has 0 saturated carbocycles. The lowest BCUT2D eigenvalue weighted by Crippen LogP contribution is -2.30. The van der Waals surface area contributed by atoms with Crippen molar-refractivity contribution in [2.75, 3.05) is 11.9 Å². The van der Waals surface area contributed by atoms with Crippen molar-refractivity contribution in [3.8, 4) is 0 Å². The van der Waals surface area contributed by atoms with E-state index < -0.39 is 0 Å². The average Bonchev–Trinajstić information content (AvgIpc) is 2.84. The van der Waals surface area contributed by atoms with Crippen LogP contribution in [0.25, 0.3) is 10.9 Å². The number of hydrogen-bond acceptors (Lipinski definition) is 1. The Balaban J connectivity index is 1.61. The first-order valence-corrected chi connectivity index (χ1v) is 7.91. The Hall–Kier alpha value is -2.40. The Morgan fingerprint density at radius 2 is 1.96 bits per heavy atom. The maximum absolute atomic E-state index is 13.5. The number of aryl methyl sites for hydroxylation is 1. The van der Waals surface area contributed by atoms with Crippen molar-refractivity contribution >= 4 is 33.9 Å². The number of H-pyrrole nitrogens is 1. The highest BCUT2D eigenvalue weighted by Crippen LogP contribution is 2.23. The third-order valence-electron chi connectivity index (χ3n) is 3.77. The van der Waals surface area contributed by atoms with E-state index in [4.69, 9.17) is 12.2 Å².